The number of hydrogen-bond donors (Lipinski definition) is 1. The van der Waals surface area contributed by atoms with Crippen LogP contribution in [0.5, 0.6) is 0 Å². The zero-order valence-corrected chi connectivity index (χ0v) is 9.74. The van der Waals surface area contributed by atoms with Crippen LogP contribution in [0.2, 0.25) is 0 Å². The highest BCUT2D eigenvalue weighted by Gasteiger charge is 2.38. The molecule has 1 N–H and O–H groups in total. The molecule has 2 heterocycles. The van der Waals surface area contributed by atoms with Crippen LogP contribution in [0.4, 0.5) is 0 Å². The second-order valence-electron chi connectivity index (χ2n) is 4.01. The number of carbonyl (C=O) groups excluding carboxylic acids is 1. The maximum Gasteiger partial charge on any atom is 0.328 e. The van der Waals surface area contributed by atoms with Crippen molar-refractivity contribution in [1.29, 1.82) is 0 Å². The van der Waals surface area contributed by atoms with Crippen molar-refractivity contribution in [2.75, 3.05) is 24.7 Å². The van der Waals surface area contributed by atoms with Crippen LogP contribution in [0.3, 0.4) is 0 Å². The third-order valence-corrected chi connectivity index (χ3v) is 4.04. The Bertz CT molecular complexity index is 291. The molecule has 1 unspecified atom stereocenters. The lowest BCUT2D eigenvalue weighted by molar-refractivity contribution is -0.166. The molecule has 5 nitrogen and oxygen atoms in total. The fourth-order valence-corrected chi connectivity index (χ4v) is 3.28. The average Bonchev–Trinajstić information content (AvgIpc) is 2.29. The van der Waals surface area contributed by atoms with E-state index in [1.165, 1.54) is 4.90 Å². The molecule has 0 aromatic heterocycles. The fourth-order valence-electron chi connectivity index (χ4n) is 2.20. The second-order valence-corrected chi connectivity index (χ2v) is 5.24. The molecule has 0 aliphatic carbocycles. The first-order valence-corrected chi connectivity index (χ1v) is 6.55. The predicted octanol–water partition coefficient (Wildman–Crippen LogP) is 0.194. The Labute approximate surface area is 98.1 Å². The lowest BCUT2D eigenvalue weighted by Crippen LogP contribution is -2.58. The molecule has 2 aliphatic rings. The van der Waals surface area contributed by atoms with Gasteiger partial charge < -0.3 is 14.7 Å². The first-order valence-electron chi connectivity index (χ1n) is 5.39. The zero-order chi connectivity index (χ0) is 11.5. The molecule has 1 amide bonds. The largest absolute Gasteiger partial charge is 0.480 e. The van der Waals surface area contributed by atoms with Gasteiger partial charge in [-0.25, -0.2) is 4.79 Å². The van der Waals surface area contributed by atoms with Crippen LogP contribution in [-0.2, 0) is 14.3 Å². The SMILES string of the molecule is O=C(O)C1COCC(=O)N1C1CCSCC1. The van der Waals surface area contributed by atoms with Crippen LogP contribution >= 0.6 is 11.8 Å². The number of hydrogen-bond acceptors (Lipinski definition) is 4. The minimum atomic E-state index is -0.966. The first-order chi connectivity index (χ1) is 7.70. The lowest BCUT2D eigenvalue weighted by atomic mass is 10.1. The van der Waals surface area contributed by atoms with Crippen molar-refractivity contribution in [2.45, 2.75) is 24.9 Å². The van der Waals surface area contributed by atoms with Crippen LogP contribution in [-0.4, -0.2) is 58.7 Å². The van der Waals surface area contributed by atoms with E-state index in [1.54, 1.807) is 0 Å². The summed E-state index contributed by atoms with van der Waals surface area (Å²) in [5.74, 6) is 0.852. The van der Waals surface area contributed by atoms with E-state index in [0.29, 0.717) is 0 Å². The van der Waals surface area contributed by atoms with E-state index < -0.39 is 12.0 Å². The van der Waals surface area contributed by atoms with Gasteiger partial charge in [0.25, 0.3) is 0 Å². The molecule has 0 aromatic carbocycles. The van der Waals surface area contributed by atoms with Gasteiger partial charge in [-0.05, 0) is 24.3 Å². The molecule has 16 heavy (non-hydrogen) atoms. The number of morpholine rings is 1. The van der Waals surface area contributed by atoms with Crippen molar-refractivity contribution in [3.8, 4) is 0 Å². The van der Waals surface area contributed by atoms with Gasteiger partial charge in [0.1, 0.15) is 6.61 Å². The van der Waals surface area contributed by atoms with Crippen LogP contribution < -0.4 is 0 Å². The standard InChI is InChI=1S/C10H15NO4S/c12-9-6-15-5-8(10(13)14)11(9)7-1-3-16-4-2-7/h7-8H,1-6H2,(H,13,14). The Morgan fingerprint density at radius 1 is 1.44 bits per heavy atom. The van der Waals surface area contributed by atoms with Crippen LogP contribution in [0.15, 0.2) is 0 Å². The van der Waals surface area contributed by atoms with Gasteiger partial charge in [-0.3, -0.25) is 4.79 Å². The van der Waals surface area contributed by atoms with Crippen molar-refractivity contribution in [2.24, 2.45) is 0 Å². The van der Waals surface area contributed by atoms with Crippen molar-refractivity contribution < 1.29 is 19.4 Å². The molecule has 0 radical (unpaired) electrons. The highest BCUT2D eigenvalue weighted by Crippen LogP contribution is 2.25. The number of thioether (sulfide) groups is 1. The maximum atomic E-state index is 11.7. The monoisotopic (exact) mass is 245 g/mol. The molecule has 2 fully saturated rings. The summed E-state index contributed by atoms with van der Waals surface area (Å²) >= 11 is 1.86. The molecule has 2 aliphatic heterocycles. The van der Waals surface area contributed by atoms with Crippen molar-refractivity contribution in [3.05, 3.63) is 0 Å². The molecule has 0 spiro atoms. The molecule has 90 valence electrons. The summed E-state index contributed by atoms with van der Waals surface area (Å²) in [6, 6.07) is -0.715. The van der Waals surface area contributed by atoms with E-state index >= 15 is 0 Å². The van der Waals surface area contributed by atoms with Crippen molar-refractivity contribution >= 4 is 23.6 Å². The Morgan fingerprint density at radius 2 is 2.12 bits per heavy atom. The van der Waals surface area contributed by atoms with Gasteiger partial charge >= 0.3 is 5.97 Å². The van der Waals surface area contributed by atoms with E-state index in [4.69, 9.17) is 9.84 Å². The molecular weight excluding hydrogens is 230 g/mol. The van der Waals surface area contributed by atoms with Crippen molar-refractivity contribution in [3.63, 3.8) is 0 Å². The second kappa shape index (κ2) is 5.05. The smallest absolute Gasteiger partial charge is 0.328 e. The Morgan fingerprint density at radius 3 is 2.75 bits per heavy atom. The molecule has 0 saturated carbocycles. The van der Waals surface area contributed by atoms with Crippen LogP contribution in [0.25, 0.3) is 0 Å². The molecule has 2 saturated heterocycles. The van der Waals surface area contributed by atoms with E-state index in [1.807, 2.05) is 11.8 Å². The number of amides is 1. The first kappa shape index (κ1) is 11.7. The van der Waals surface area contributed by atoms with Crippen LogP contribution in [0, 0.1) is 0 Å². The van der Waals surface area contributed by atoms with E-state index in [9.17, 15) is 9.59 Å². The number of carboxylic acid groups (broad SMARTS) is 1. The molecule has 0 aromatic rings. The number of carbonyl (C=O) groups is 2. The number of ether oxygens (including phenoxy) is 1. The lowest BCUT2D eigenvalue weighted by Gasteiger charge is -2.40. The predicted molar refractivity (Wildman–Crippen MR) is 59.4 cm³/mol. The molecule has 6 heteroatoms. The van der Waals surface area contributed by atoms with Gasteiger partial charge in [0.15, 0.2) is 6.04 Å². The van der Waals surface area contributed by atoms with Crippen molar-refractivity contribution in [1.82, 2.24) is 4.90 Å². The summed E-state index contributed by atoms with van der Waals surface area (Å²) < 4.78 is 5.00. The Balaban J connectivity index is 2.11. The quantitative estimate of drug-likeness (QED) is 0.752. The third kappa shape index (κ3) is 2.32. The summed E-state index contributed by atoms with van der Waals surface area (Å²) in [6.07, 6.45) is 1.78. The van der Waals surface area contributed by atoms with Gasteiger partial charge in [-0.2, -0.15) is 11.8 Å². The Hall–Kier alpha value is -0.750. The highest BCUT2D eigenvalue weighted by molar-refractivity contribution is 7.99. The number of aliphatic carboxylic acids is 1. The van der Waals surface area contributed by atoms with Gasteiger partial charge in [0, 0.05) is 6.04 Å². The number of nitrogens with zero attached hydrogens (tertiary/aromatic N) is 1. The summed E-state index contributed by atoms with van der Waals surface area (Å²) in [7, 11) is 0. The van der Waals surface area contributed by atoms with Gasteiger partial charge in [-0.1, -0.05) is 0 Å². The van der Waals surface area contributed by atoms with Gasteiger partial charge in [-0.15, -0.1) is 0 Å². The van der Waals surface area contributed by atoms with E-state index in [-0.39, 0.29) is 25.2 Å². The van der Waals surface area contributed by atoms with Gasteiger partial charge in [0.05, 0.1) is 6.61 Å². The summed E-state index contributed by atoms with van der Waals surface area (Å²) in [5.41, 5.74) is 0. The molecular formula is C10H15NO4S. The molecule has 1 atom stereocenters. The Kier molecular flexibility index (Phi) is 3.70. The zero-order valence-electron chi connectivity index (χ0n) is 8.92. The summed E-state index contributed by atoms with van der Waals surface area (Å²) in [6.45, 7) is 0.137. The number of carboxylic acids is 1. The van der Waals surface area contributed by atoms with Crippen LogP contribution in [0.1, 0.15) is 12.8 Å². The summed E-state index contributed by atoms with van der Waals surface area (Å²) in [4.78, 5) is 24.3. The van der Waals surface area contributed by atoms with E-state index in [0.717, 1.165) is 24.3 Å². The average molecular weight is 245 g/mol. The topological polar surface area (TPSA) is 66.8 Å². The van der Waals surface area contributed by atoms with E-state index in [2.05, 4.69) is 0 Å². The minimum Gasteiger partial charge on any atom is -0.480 e. The fraction of sp³-hybridized carbons (Fsp3) is 0.800. The van der Waals surface area contributed by atoms with Gasteiger partial charge in [0.2, 0.25) is 5.91 Å². The maximum absolute atomic E-state index is 11.7. The summed E-state index contributed by atoms with van der Waals surface area (Å²) in [5, 5.41) is 9.08. The highest BCUT2D eigenvalue weighted by atomic mass is 32.2. The third-order valence-electron chi connectivity index (χ3n) is 2.99. The number of rotatable bonds is 2. The molecule has 2 rings (SSSR count). The molecule has 0 bridgehead atoms. The normalized spacial score (nSPS) is 28.1. The minimum absolute atomic E-state index is 0.0213.